The van der Waals surface area contributed by atoms with E-state index in [1.807, 2.05) is 42.5 Å². The van der Waals surface area contributed by atoms with Gasteiger partial charge in [-0.2, -0.15) is 0 Å². The van der Waals surface area contributed by atoms with Crippen LogP contribution in [0.15, 0.2) is 48.5 Å². The van der Waals surface area contributed by atoms with E-state index in [0.29, 0.717) is 23.6 Å². The van der Waals surface area contributed by atoms with Gasteiger partial charge in [-0.3, -0.25) is 4.79 Å². The van der Waals surface area contributed by atoms with Crippen LogP contribution in [0.5, 0.6) is 5.75 Å². The second-order valence-corrected chi connectivity index (χ2v) is 8.88. The highest BCUT2D eigenvalue weighted by molar-refractivity contribution is 5.94. The van der Waals surface area contributed by atoms with Crippen LogP contribution in [0.2, 0.25) is 0 Å². The van der Waals surface area contributed by atoms with E-state index in [9.17, 15) is 4.79 Å². The van der Waals surface area contributed by atoms with Crippen molar-refractivity contribution in [1.29, 1.82) is 0 Å². The van der Waals surface area contributed by atoms with E-state index in [2.05, 4.69) is 26.1 Å². The molecule has 0 aromatic heterocycles. The van der Waals surface area contributed by atoms with Gasteiger partial charge in [0.25, 0.3) is 0 Å². The van der Waals surface area contributed by atoms with Gasteiger partial charge in [0.1, 0.15) is 12.4 Å². The van der Waals surface area contributed by atoms with Crippen LogP contribution >= 0.6 is 0 Å². The Bertz CT molecular complexity index is 799. The molecular formula is C24H32N2O2. The molecule has 28 heavy (non-hydrogen) atoms. The number of nitrogens with one attached hydrogen (secondary N) is 1. The Morgan fingerprint density at radius 1 is 1.14 bits per heavy atom. The molecule has 1 aliphatic carbocycles. The fraction of sp³-hybridized carbons (Fsp3) is 0.458. The van der Waals surface area contributed by atoms with E-state index in [1.54, 1.807) is 6.07 Å². The van der Waals surface area contributed by atoms with E-state index in [4.69, 9.17) is 10.5 Å². The first kappa shape index (κ1) is 20.4. The molecule has 0 saturated heterocycles. The van der Waals surface area contributed by atoms with E-state index < -0.39 is 5.91 Å². The van der Waals surface area contributed by atoms with Crippen molar-refractivity contribution in [3.8, 4) is 16.9 Å². The number of benzene rings is 2. The number of ether oxygens (including phenoxy) is 1. The molecule has 2 unspecified atom stereocenters. The highest BCUT2D eigenvalue weighted by atomic mass is 16.5. The summed E-state index contributed by atoms with van der Waals surface area (Å²) < 4.78 is 5.89. The maximum atomic E-state index is 11.3. The van der Waals surface area contributed by atoms with E-state index in [1.165, 1.54) is 19.3 Å². The van der Waals surface area contributed by atoms with Crippen molar-refractivity contribution in [1.82, 2.24) is 5.32 Å². The number of nitrogens with two attached hydrogens (primary N) is 1. The lowest BCUT2D eigenvalue weighted by Gasteiger charge is -2.39. The minimum Gasteiger partial charge on any atom is -0.492 e. The molecule has 3 N–H and O–H groups in total. The molecular weight excluding hydrogens is 348 g/mol. The summed E-state index contributed by atoms with van der Waals surface area (Å²) >= 11 is 0. The third kappa shape index (κ3) is 5.59. The van der Waals surface area contributed by atoms with E-state index >= 15 is 0 Å². The van der Waals surface area contributed by atoms with Crippen LogP contribution in [0.3, 0.4) is 0 Å². The van der Waals surface area contributed by atoms with Gasteiger partial charge in [-0.25, -0.2) is 0 Å². The Labute approximate surface area is 168 Å². The second kappa shape index (κ2) is 8.78. The lowest BCUT2D eigenvalue weighted by atomic mass is 9.70. The zero-order valence-corrected chi connectivity index (χ0v) is 17.2. The first-order chi connectivity index (χ1) is 13.3. The third-order valence-corrected chi connectivity index (χ3v) is 5.53. The first-order valence-electron chi connectivity index (χ1n) is 10.2. The maximum absolute atomic E-state index is 11.3. The summed E-state index contributed by atoms with van der Waals surface area (Å²) in [5.74, 6) is 1.22. The van der Waals surface area contributed by atoms with Gasteiger partial charge in [-0.1, -0.05) is 45.0 Å². The molecule has 1 fully saturated rings. The number of carbonyl (C=O) groups excluding carboxylic acids is 1. The molecule has 2 aromatic carbocycles. The van der Waals surface area contributed by atoms with Crippen molar-refractivity contribution in [2.45, 2.75) is 46.1 Å². The van der Waals surface area contributed by atoms with Gasteiger partial charge in [0.05, 0.1) is 0 Å². The number of hydrogen-bond donors (Lipinski definition) is 2. The van der Waals surface area contributed by atoms with Crippen molar-refractivity contribution in [2.24, 2.45) is 17.1 Å². The Hall–Kier alpha value is -2.33. The first-order valence-corrected chi connectivity index (χ1v) is 10.2. The lowest BCUT2D eigenvalue weighted by Crippen LogP contribution is -2.41. The smallest absolute Gasteiger partial charge is 0.248 e. The minimum absolute atomic E-state index is 0.412. The quantitative estimate of drug-likeness (QED) is 0.688. The Balaban J connectivity index is 1.48. The summed E-state index contributed by atoms with van der Waals surface area (Å²) in [4.78, 5) is 11.3. The largest absolute Gasteiger partial charge is 0.492 e. The molecule has 1 amide bonds. The topological polar surface area (TPSA) is 64.3 Å². The summed E-state index contributed by atoms with van der Waals surface area (Å²) in [5, 5.41) is 3.66. The molecule has 4 nitrogen and oxygen atoms in total. The minimum atomic E-state index is -0.412. The Kier molecular flexibility index (Phi) is 6.40. The van der Waals surface area contributed by atoms with Crippen molar-refractivity contribution in [3.63, 3.8) is 0 Å². The van der Waals surface area contributed by atoms with Crippen LogP contribution in [-0.2, 0) is 0 Å². The number of rotatable bonds is 7. The molecule has 2 atom stereocenters. The third-order valence-electron chi connectivity index (χ3n) is 5.53. The Morgan fingerprint density at radius 3 is 2.57 bits per heavy atom. The summed E-state index contributed by atoms with van der Waals surface area (Å²) in [7, 11) is 0. The summed E-state index contributed by atoms with van der Waals surface area (Å²) in [5.41, 5.74) is 8.32. The Morgan fingerprint density at radius 2 is 1.89 bits per heavy atom. The SMILES string of the molecule is CC1CC(NCCOc2ccc(-c3cccc(C(N)=O)c3)cc2)CC(C)(C)C1. The van der Waals surface area contributed by atoms with Crippen LogP contribution in [0.25, 0.3) is 11.1 Å². The van der Waals surface area contributed by atoms with Gasteiger partial charge in [-0.15, -0.1) is 0 Å². The highest BCUT2D eigenvalue weighted by Gasteiger charge is 2.31. The monoisotopic (exact) mass is 380 g/mol. The molecule has 1 aliphatic rings. The van der Waals surface area contributed by atoms with Crippen molar-refractivity contribution in [3.05, 3.63) is 54.1 Å². The fourth-order valence-corrected chi connectivity index (χ4v) is 4.53. The van der Waals surface area contributed by atoms with Gasteiger partial charge >= 0.3 is 0 Å². The second-order valence-electron chi connectivity index (χ2n) is 8.88. The van der Waals surface area contributed by atoms with Gasteiger partial charge in [0, 0.05) is 18.2 Å². The molecule has 0 bridgehead atoms. The fourth-order valence-electron chi connectivity index (χ4n) is 4.53. The predicted octanol–water partition coefficient (Wildman–Crippen LogP) is 4.64. The molecule has 4 heteroatoms. The molecule has 0 heterocycles. The van der Waals surface area contributed by atoms with Gasteiger partial charge in [0.2, 0.25) is 5.91 Å². The van der Waals surface area contributed by atoms with Crippen LogP contribution in [-0.4, -0.2) is 25.1 Å². The molecule has 0 radical (unpaired) electrons. The number of primary amides is 1. The molecule has 2 aromatic rings. The summed E-state index contributed by atoms with van der Waals surface area (Å²) in [6, 6.07) is 15.9. The highest BCUT2D eigenvalue weighted by Crippen LogP contribution is 2.38. The number of amides is 1. The van der Waals surface area contributed by atoms with Gasteiger partial charge in [-0.05, 0) is 66.0 Å². The van der Waals surface area contributed by atoms with Crippen LogP contribution < -0.4 is 15.8 Å². The van der Waals surface area contributed by atoms with Crippen molar-refractivity contribution >= 4 is 5.91 Å². The van der Waals surface area contributed by atoms with E-state index in [0.717, 1.165) is 29.3 Å². The zero-order valence-electron chi connectivity index (χ0n) is 17.2. The predicted molar refractivity (Wildman–Crippen MR) is 114 cm³/mol. The number of hydrogen-bond acceptors (Lipinski definition) is 3. The average Bonchev–Trinajstić information content (AvgIpc) is 2.64. The van der Waals surface area contributed by atoms with Crippen molar-refractivity contribution in [2.75, 3.05) is 13.2 Å². The molecule has 150 valence electrons. The maximum Gasteiger partial charge on any atom is 0.248 e. The van der Waals surface area contributed by atoms with E-state index in [-0.39, 0.29) is 0 Å². The summed E-state index contributed by atoms with van der Waals surface area (Å²) in [6.07, 6.45) is 3.80. The van der Waals surface area contributed by atoms with Crippen LogP contribution in [0, 0.1) is 11.3 Å². The van der Waals surface area contributed by atoms with Gasteiger partial charge < -0.3 is 15.8 Å². The average molecular weight is 381 g/mol. The molecule has 0 spiro atoms. The van der Waals surface area contributed by atoms with Crippen LogP contribution in [0.4, 0.5) is 0 Å². The summed E-state index contributed by atoms with van der Waals surface area (Å²) in [6.45, 7) is 8.60. The van der Waals surface area contributed by atoms with Crippen molar-refractivity contribution < 1.29 is 9.53 Å². The molecule has 1 saturated carbocycles. The molecule has 3 rings (SSSR count). The normalized spacial score (nSPS) is 21.2. The lowest BCUT2D eigenvalue weighted by molar-refractivity contribution is 0.100. The van der Waals surface area contributed by atoms with Crippen LogP contribution in [0.1, 0.15) is 50.4 Å². The molecule has 0 aliphatic heterocycles. The zero-order chi connectivity index (χ0) is 20.1. The number of carbonyl (C=O) groups is 1. The van der Waals surface area contributed by atoms with Gasteiger partial charge in [0.15, 0.2) is 0 Å². The standard InChI is InChI=1S/C24H32N2O2/c1-17-13-21(16-24(2,3)15-17)26-11-12-28-22-9-7-18(8-10-22)19-5-4-6-20(14-19)23(25)27/h4-10,14,17,21,26H,11-13,15-16H2,1-3H3,(H2,25,27).